The molecule has 0 amide bonds. The first-order valence-corrected chi connectivity index (χ1v) is 10.1. The summed E-state index contributed by atoms with van der Waals surface area (Å²) in [4.78, 5) is 15.3. The van der Waals surface area contributed by atoms with Gasteiger partial charge in [0.25, 0.3) is 0 Å². The molecule has 0 bridgehead atoms. The van der Waals surface area contributed by atoms with Crippen LogP contribution in [0.1, 0.15) is 21.5 Å². The summed E-state index contributed by atoms with van der Waals surface area (Å²) in [6, 6.07) is 18.0. The lowest BCUT2D eigenvalue weighted by Gasteiger charge is -2.08. The van der Waals surface area contributed by atoms with Crippen LogP contribution in [0.4, 0.5) is 5.69 Å². The van der Waals surface area contributed by atoms with Crippen molar-refractivity contribution >= 4 is 61.3 Å². The van der Waals surface area contributed by atoms with Crippen LogP contribution < -0.4 is 4.74 Å². The van der Waals surface area contributed by atoms with E-state index in [4.69, 9.17) is 21.4 Å². The van der Waals surface area contributed by atoms with Gasteiger partial charge in [0.05, 0.1) is 16.3 Å². The number of hydrogen-bond acceptors (Lipinski definition) is 3. The van der Waals surface area contributed by atoms with Crippen LogP contribution in [-0.2, 0) is 6.61 Å². The van der Waals surface area contributed by atoms with Crippen molar-refractivity contribution in [1.29, 1.82) is 0 Å². The fraction of sp³-hybridized carbons (Fsp3) is 0.0476. The van der Waals surface area contributed by atoms with Crippen molar-refractivity contribution in [3.8, 4) is 5.75 Å². The topological polar surface area (TPSA) is 58.9 Å². The van der Waals surface area contributed by atoms with E-state index in [-0.39, 0.29) is 10.6 Å². The standard InChI is InChI=1S/C21H14Br2ClNO3/c22-15-4-3-14(19(23)9-15)12-28-17-6-1-13(2-7-17)11-25-16-5-8-18(21(26)27)20(24)10-16/h1-11H,12H2,(H,26,27). The largest absolute Gasteiger partial charge is 0.489 e. The van der Waals surface area contributed by atoms with E-state index in [1.165, 1.54) is 12.1 Å². The Morgan fingerprint density at radius 1 is 1.07 bits per heavy atom. The predicted molar refractivity (Wildman–Crippen MR) is 118 cm³/mol. The van der Waals surface area contributed by atoms with Crippen LogP contribution >= 0.6 is 43.5 Å². The van der Waals surface area contributed by atoms with Gasteiger partial charge in [0.15, 0.2) is 0 Å². The number of carboxylic acid groups (broad SMARTS) is 1. The third-order valence-electron chi connectivity index (χ3n) is 3.84. The average molecular weight is 524 g/mol. The maximum absolute atomic E-state index is 11.0. The van der Waals surface area contributed by atoms with Crippen molar-refractivity contribution in [1.82, 2.24) is 0 Å². The lowest BCUT2D eigenvalue weighted by molar-refractivity contribution is 0.0697. The van der Waals surface area contributed by atoms with Gasteiger partial charge in [-0.2, -0.15) is 0 Å². The number of carboxylic acids is 1. The Bertz CT molecular complexity index is 1040. The summed E-state index contributed by atoms with van der Waals surface area (Å²) in [6.07, 6.45) is 1.68. The highest BCUT2D eigenvalue weighted by Gasteiger charge is 2.08. The molecule has 28 heavy (non-hydrogen) atoms. The second-order valence-corrected chi connectivity index (χ2v) is 8.00. The van der Waals surface area contributed by atoms with Crippen LogP contribution in [0.5, 0.6) is 5.75 Å². The predicted octanol–water partition coefficient (Wildman–Crippen LogP) is 6.89. The van der Waals surface area contributed by atoms with Crippen LogP contribution in [0.2, 0.25) is 5.02 Å². The monoisotopic (exact) mass is 521 g/mol. The highest BCUT2D eigenvalue weighted by molar-refractivity contribution is 9.11. The summed E-state index contributed by atoms with van der Waals surface area (Å²) in [5.41, 5.74) is 2.57. The number of benzene rings is 3. The van der Waals surface area contributed by atoms with E-state index >= 15 is 0 Å². The van der Waals surface area contributed by atoms with Crippen molar-refractivity contribution in [2.45, 2.75) is 6.61 Å². The summed E-state index contributed by atoms with van der Waals surface area (Å²) >= 11 is 12.9. The van der Waals surface area contributed by atoms with Crippen LogP contribution in [-0.4, -0.2) is 17.3 Å². The van der Waals surface area contributed by atoms with Gasteiger partial charge in [0.2, 0.25) is 0 Å². The van der Waals surface area contributed by atoms with Crippen molar-refractivity contribution in [3.63, 3.8) is 0 Å². The number of hydrogen-bond donors (Lipinski definition) is 1. The molecule has 3 aromatic carbocycles. The molecule has 0 fully saturated rings. The van der Waals surface area contributed by atoms with Crippen LogP contribution in [0.15, 0.2) is 74.6 Å². The van der Waals surface area contributed by atoms with Crippen LogP contribution in [0.3, 0.4) is 0 Å². The van der Waals surface area contributed by atoms with Gasteiger partial charge in [-0.1, -0.05) is 49.5 Å². The first-order valence-electron chi connectivity index (χ1n) is 8.16. The third kappa shape index (κ3) is 5.44. The molecule has 0 aromatic heterocycles. The Balaban J connectivity index is 1.63. The SMILES string of the molecule is O=C(O)c1ccc(N=Cc2ccc(OCc3ccc(Br)cc3Br)cc2)cc1Cl. The van der Waals surface area contributed by atoms with E-state index in [1.54, 1.807) is 12.3 Å². The molecule has 0 aliphatic heterocycles. The molecule has 1 N–H and O–H groups in total. The molecular weight excluding hydrogens is 509 g/mol. The molecule has 0 saturated carbocycles. The molecule has 0 aliphatic carbocycles. The van der Waals surface area contributed by atoms with E-state index in [2.05, 4.69) is 36.9 Å². The molecule has 0 saturated heterocycles. The van der Waals surface area contributed by atoms with Crippen LogP contribution in [0, 0.1) is 0 Å². The van der Waals surface area contributed by atoms with Crippen molar-refractivity contribution < 1.29 is 14.6 Å². The van der Waals surface area contributed by atoms with Gasteiger partial charge >= 0.3 is 5.97 Å². The maximum Gasteiger partial charge on any atom is 0.337 e. The first-order chi connectivity index (χ1) is 13.4. The molecule has 0 aliphatic rings. The zero-order valence-electron chi connectivity index (χ0n) is 14.4. The molecule has 3 rings (SSSR count). The van der Waals surface area contributed by atoms with Gasteiger partial charge in [-0.3, -0.25) is 4.99 Å². The number of nitrogens with zero attached hydrogens (tertiary/aromatic N) is 1. The number of carbonyl (C=O) groups is 1. The van der Waals surface area contributed by atoms with Gasteiger partial charge in [-0.05, 0) is 60.2 Å². The molecule has 0 radical (unpaired) electrons. The van der Waals surface area contributed by atoms with Gasteiger partial charge in [-0.25, -0.2) is 4.79 Å². The van der Waals surface area contributed by atoms with Gasteiger partial charge in [0.1, 0.15) is 12.4 Å². The molecule has 0 atom stereocenters. The fourth-order valence-electron chi connectivity index (χ4n) is 2.36. The Morgan fingerprint density at radius 3 is 2.46 bits per heavy atom. The summed E-state index contributed by atoms with van der Waals surface area (Å²) in [6.45, 7) is 0.454. The quantitative estimate of drug-likeness (QED) is 0.358. The van der Waals surface area contributed by atoms with Crippen molar-refractivity contribution in [3.05, 3.63) is 91.3 Å². The normalized spacial score (nSPS) is 11.0. The number of halogens is 3. The highest BCUT2D eigenvalue weighted by atomic mass is 79.9. The Kier molecular flexibility index (Phi) is 6.88. The summed E-state index contributed by atoms with van der Waals surface area (Å²) in [5.74, 6) is -0.313. The van der Waals surface area contributed by atoms with E-state index < -0.39 is 5.97 Å². The summed E-state index contributed by atoms with van der Waals surface area (Å²) in [5, 5.41) is 9.15. The minimum Gasteiger partial charge on any atom is -0.489 e. The van der Waals surface area contributed by atoms with E-state index in [0.29, 0.717) is 12.3 Å². The number of rotatable bonds is 6. The third-order valence-corrected chi connectivity index (χ3v) is 5.38. The zero-order chi connectivity index (χ0) is 20.1. The lowest BCUT2D eigenvalue weighted by Crippen LogP contribution is -1.96. The van der Waals surface area contributed by atoms with Crippen molar-refractivity contribution in [2.75, 3.05) is 0 Å². The fourth-order valence-corrected chi connectivity index (χ4v) is 3.77. The first kappa shape index (κ1) is 20.6. The second-order valence-electron chi connectivity index (χ2n) is 5.82. The zero-order valence-corrected chi connectivity index (χ0v) is 18.3. The van der Waals surface area contributed by atoms with E-state index in [1.807, 2.05) is 42.5 Å². The van der Waals surface area contributed by atoms with E-state index in [9.17, 15) is 4.79 Å². The Labute approximate surface area is 184 Å². The summed E-state index contributed by atoms with van der Waals surface area (Å²) in [7, 11) is 0. The molecule has 0 heterocycles. The lowest BCUT2D eigenvalue weighted by atomic mass is 10.2. The molecule has 7 heteroatoms. The minimum absolute atomic E-state index is 0.0551. The maximum atomic E-state index is 11.0. The highest BCUT2D eigenvalue weighted by Crippen LogP contribution is 2.24. The van der Waals surface area contributed by atoms with Gasteiger partial charge < -0.3 is 9.84 Å². The van der Waals surface area contributed by atoms with E-state index in [0.717, 1.165) is 25.8 Å². The molecule has 3 aromatic rings. The smallest absolute Gasteiger partial charge is 0.337 e. The van der Waals surface area contributed by atoms with Crippen LogP contribution in [0.25, 0.3) is 0 Å². The summed E-state index contributed by atoms with van der Waals surface area (Å²) < 4.78 is 7.81. The molecule has 142 valence electrons. The van der Waals surface area contributed by atoms with Gasteiger partial charge in [0, 0.05) is 20.7 Å². The molecular formula is C21H14Br2ClNO3. The van der Waals surface area contributed by atoms with Crippen molar-refractivity contribution in [2.24, 2.45) is 4.99 Å². The Hall–Kier alpha value is -2.15. The van der Waals surface area contributed by atoms with Gasteiger partial charge in [-0.15, -0.1) is 0 Å². The number of aliphatic imine (C=N–C) groups is 1. The number of ether oxygens (including phenoxy) is 1. The number of aromatic carboxylic acids is 1. The Morgan fingerprint density at radius 2 is 1.82 bits per heavy atom. The minimum atomic E-state index is -1.06. The molecule has 0 spiro atoms. The second kappa shape index (κ2) is 9.37. The molecule has 0 unspecified atom stereocenters. The average Bonchev–Trinajstić information content (AvgIpc) is 2.66. The molecule has 4 nitrogen and oxygen atoms in total.